The van der Waals surface area contributed by atoms with Crippen molar-refractivity contribution in [2.24, 2.45) is 0 Å². The lowest BCUT2D eigenvalue weighted by molar-refractivity contribution is 0.122. The molecule has 0 amide bonds. The van der Waals surface area contributed by atoms with E-state index in [1.807, 2.05) is 12.4 Å². The molecule has 1 aliphatic rings. The van der Waals surface area contributed by atoms with E-state index >= 15 is 0 Å². The first-order valence-corrected chi connectivity index (χ1v) is 5.19. The molecule has 0 atom stereocenters. The SMILES string of the molecule is c1cc2cc(N3CCOCC3)ncc2[nH]1. The van der Waals surface area contributed by atoms with Gasteiger partial charge in [0, 0.05) is 24.7 Å². The van der Waals surface area contributed by atoms with Crippen molar-refractivity contribution in [3.63, 3.8) is 0 Å². The molecule has 15 heavy (non-hydrogen) atoms. The number of hydrogen-bond donors (Lipinski definition) is 1. The number of fused-ring (bicyclic) bond motifs is 1. The zero-order valence-electron chi connectivity index (χ0n) is 8.44. The number of H-pyrrole nitrogens is 1. The van der Waals surface area contributed by atoms with Gasteiger partial charge < -0.3 is 14.6 Å². The molecule has 1 N–H and O–H groups in total. The molecule has 1 aliphatic heterocycles. The van der Waals surface area contributed by atoms with Gasteiger partial charge in [-0.2, -0.15) is 0 Å². The predicted octanol–water partition coefficient (Wildman–Crippen LogP) is 1.40. The second kappa shape index (κ2) is 3.55. The quantitative estimate of drug-likeness (QED) is 0.761. The Morgan fingerprint density at radius 3 is 3.07 bits per heavy atom. The largest absolute Gasteiger partial charge is 0.378 e. The van der Waals surface area contributed by atoms with E-state index in [0.717, 1.165) is 37.6 Å². The third-order valence-corrected chi connectivity index (χ3v) is 2.76. The van der Waals surface area contributed by atoms with Crippen LogP contribution in [0.4, 0.5) is 5.82 Å². The normalized spacial score (nSPS) is 17.2. The number of nitrogens with zero attached hydrogens (tertiary/aromatic N) is 2. The van der Waals surface area contributed by atoms with Gasteiger partial charge in [0.25, 0.3) is 0 Å². The van der Waals surface area contributed by atoms with Crippen LogP contribution in [0.5, 0.6) is 0 Å². The Kier molecular flexibility index (Phi) is 2.07. The van der Waals surface area contributed by atoms with Gasteiger partial charge in [0.05, 0.1) is 24.9 Å². The van der Waals surface area contributed by atoms with Gasteiger partial charge in [-0.25, -0.2) is 4.98 Å². The molecule has 2 aromatic rings. The van der Waals surface area contributed by atoms with Crippen molar-refractivity contribution in [2.45, 2.75) is 0 Å². The third-order valence-electron chi connectivity index (χ3n) is 2.76. The fourth-order valence-corrected chi connectivity index (χ4v) is 1.90. The Morgan fingerprint density at radius 1 is 1.33 bits per heavy atom. The van der Waals surface area contributed by atoms with Crippen molar-refractivity contribution in [3.05, 3.63) is 24.5 Å². The van der Waals surface area contributed by atoms with Crippen LogP contribution in [0.15, 0.2) is 24.5 Å². The summed E-state index contributed by atoms with van der Waals surface area (Å²) in [6, 6.07) is 4.19. The highest BCUT2D eigenvalue weighted by Gasteiger charge is 2.12. The molecular weight excluding hydrogens is 190 g/mol. The van der Waals surface area contributed by atoms with Crippen molar-refractivity contribution < 1.29 is 4.74 Å². The Bertz CT molecular complexity index is 460. The molecule has 0 saturated carbocycles. The molecule has 0 unspecified atom stereocenters. The van der Waals surface area contributed by atoms with Gasteiger partial charge in [0.1, 0.15) is 5.82 Å². The number of pyridine rings is 1. The van der Waals surface area contributed by atoms with Gasteiger partial charge >= 0.3 is 0 Å². The lowest BCUT2D eigenvalue weighted by Gasteiger charge is -2.27. The minimum atomic E-state index is 0.798. The first-order chi connectivity index (χ1) is 7.43. The summed E-state index contributed by atoms with van der Waals surface area (Å²) in [6.45, 7) is 3.46. The van der Waals surface area contributed by atoms with Crippen molar-refractivity contribution >= 4 is 16.7 Å². The number of hydrogen-bond acceptors (Lipinski definition) is 3. The van der Waals surface area contributed by atoms with Crippen LogP contribution >= 0.6 is 0 Å². The Hall–Kier alpha value is -1.55. The first-order valence-electron chi connectivity index (χ1n) is 5.19. The highest BCUT2D eigenvalue weighted by molar-refractivity contribution is 5.81. The molecule has 3 rings (SSSR count). The summed E-state index contributed by atoms with van der Waals surface area (Å²) >= 11 is 0. The molecule has 0 radical (unpaired) electrons. The third kappa shape index (κ3) is 1.57. The van der Waals surface area contributed by atoms with Crippen LogP contribution in [-0.4, -0.2) is 36.3 Å². The van der Waals surface area contributed by atoms with Gasteiger partial charge in [-0.15, -0.1) is 0 Å². The van der Waals surface area contributed by atoms with E-state index in [4.69, 9.17) is 4.74 Å². The van der Waals surface area contributed by atoms with Crippen LogP contribution in [0, 0.1) is 0 Å². The summed E-state index contributed by atoms with van der Waals surface area (Å²) in [4.78, 5) is 9.85. The average molecular weight is 203 g/mol. The molecule has 78 valence electrons. The van der Waals surface area contributed by atoms with Crippen molar-refractivity contribution in [2.75, 3.05) is 31.2 Å². The summed E-state index contributed by atoms with van der Waals surface area (Å²) in [6.07, 6.45) is 3.83. The number of aromatic nitrogens is 2. The maximum atomic E-state index is 5.32. The lowest BCUT2D eigenvalue weighted by atomic mass is 10.3. The monoisotopic (exact) mass is 203 g/mol. The molecule has 1 fully saturated rings. The van der Waals surface area contributed by atoms with E-state index in [9.17, 15) is 0 Å². The number of anilines is 1. The zero-order chi connectivity index (χ0) is 10.1. The fourth-order valence-electron chi connectivity index (χ4n) is 1.90. The minimum Gasteiger partial charge on any atom is -0.378 e. The summed E-state index contributed by atoms with van der Waals surface area (Å²) in [5.41, 5.74) is 1.09. The fraction of sp³-hybridized carbons (Fsp3) is 0.364. The van der Waals surface area contributed by atoms with Gasteiger partial charge in [-0.3, -0.25) is 0 Å². The maximum Gasteiger partial charge on any atom is 0.129 e. The molecule has 1 saturated heterocycles. The van der Waals surface area contributed by atoms with E-state index < -0.39 is 0 Å². The summed E-state index contributed by atoms with van der Waals surface area (Å²) < 4.78 is 5.32. The van der Waals surface area contributed by atoms with Gasteiger partial charge in [-0.1, -0.05) is 0 Å². The van der Waals surface area contributed by atoms with Crippen LogP contribution in [0.3, 0.4) is 0 Å². The van der Waals surface area contributed by atoms with E-state index in [2.05, 4.69) is 27.0 Å². The minimum absolute atomic E-state index is 0.798. The summed E-state index contributed by atoms with van der Waals surface area (Å²) in [5, 5.41) is 1.21. The van der Waals surface area contributed by atoms with E-state index in [1.54, 1.807) is 0 Å². The molecule has 2 aromatic heterocycles. The number of morpholine rings is 1. The summed E-state index contributed by atoms with van der Waals surface area (Å²) in [5.74, 6) is 1.05. The highest BCUT2D eigenvalue weighted by Crippen LogP contribution is 2.18. The molecule has 0 aliphatic carbocycles. The first kappa shape index (κ1) is 8.73. The predicted molar refractivity (Wildman–Crippen MR) is 59.1 cm³/mol. The van der Waals surface area contributed by atoms with Crippen molar-refractivity contribution in [1.29, 1.82) is 0 Å². The van der Waals surface area contributed by atoms with Crippen LogP contribution in [0.25, 0.3) is 10.9 Å². The number of rotatable bonds is 1. The molecular formula is C11H13N3O. The van der Waals surface area contributed by atoms with E-state index in [0.29, 0.717) is 0 Å². The molecule has 4 heteroatoms. The van der Waals surface area contributed by atoms with Crippen LogP contribution < -0.4 is 4.90 Å². The zero-order valence-corrected chi connectivity index (χ0v) is 8.44. The lowest BCUT2D eigenvalue weighted by Crippen LogP contribution is -2.36. The van der Waals surface area contributed by atoms with Crippen LogP contribution in [0.2, 0.25) is 0 Å². The second-order valence-corrected chi connectivity index (χ2v) is 3.71. The Morgan fingerprint density at radius 2 is 2.20 bits per heavy atom. The molecule has 0 aromatic carbocycles. The molecule has 4 nitrogen and oxygen atoms in total. The number of nitrogens with one attached hydrogen (secondary N) is 1. The maximum absolute atomic E-state index is 5.32. The number of aromatic amines is 1. The van der Waals surface area contributed by atoms with Gasteiger partial charge in [0.2, 0.25) is 0 Å². The average Bonchev–Trinajstić information content (AvgIpc) is 2.77. The highest BCUT2D eigenvalue weighted by atomic mass is 16.5. The smallest absolute Gasteiger partial charge is 0.129 e. The van der Waals surface area contributed by atoms with Gasteiger partial charge in [-0.05, 0) is 12.1 Å². The van der Waals surface area contributed by atoms with Crippen molar-refractivity contribution in [1.82, 2.24) is 9.97 Å². The van der Waals surface area contributed by atoms with Gasteiger partial charge in [0.15, 0.2) is 0 Å². The Balaban J connectivity index is 1.95. The standard InChI is InChI=1S/C11H13N3O/c1-2-12-10-8-13-11(7-9(1)10)14-3-5-15-6-4-14/h1-2,7-8,12H,3-6H2. The molecule has 0 bridgehead atoms. The second-order valence-electron chi connectivity index (χ2n) is 3.71. The van der Waals surface area contributed by atoms with Crippen molar-refractivity contribution in [3.8, 4) is 0 Å². The number of ether oxygens (including phenoxy) is 1. The molecule has 0 spiro atoms. The topological polar surface area (TPSA) is 41.1 Å². The van der Waals surface area contributed by atoms with E-state index in [-0.39, 0.29) is 0 Å². The molecule has 3 heterocycles. The summed E-state index contributed by atoms with van der Waals surface area (Å²) in [7, 11) is 0. The Labute approximate surface area is 87.9 Å². The van der Waals surface area contributed by atoms with E-state index in [1.165, 1.54) is 5.39 Å². The van der Waals surface area contributed by atoms with Crippen LogP contribution in [-0.2, 0) is 4.74 Å². The van der Waals surface area contributed by atoms with Crippen LogP contribution in [0.1, 0.15) is 0 Å².